The van der Waals surface area contributed by atoms with E-state index in [4.69, 9.17) is 4.98 Å². The van der Waals surface area contributed by atoms with Crippen LogP contribution in [0.4, 0.5) is 5.13 Å². The van der Waals surface area contributed by atoms with E-state index in [9.17, 15) is 4.79 Å². The number of benzene rings is 4. The number of hydrogen-bond donors (Lipinski definition) is 0. The number of thiazole rings is 1. The third-order valence-corrected chi connectivity index (χ3v) is 6.75. The molecule has 5 heteroatoms. The van der Waals surface area contributed by atoms with Crippen molar-refractivity contribution in [2.24, 2.45) is 5.10 Å². The van der Waals surface area contributed by atoms with Gasteiger partial charge in [0.15, 0.2) is 0 Å². The lowest BCUT2D eigenvalue weighted by Gasteiger charge is -2.14. The van der Waals surface area contributed by atoms with Crippen LogP contribution in [0.3, 0.4) is 0 Å². The summed E-state index contributed by atoms with van der Waals surface area (Å²) in [6.45, 7) is 4.09. The van der Waals surface area contributed by atoms with Crippen LogP contribution in [0.25, 0.3) is 10.2 Å². The predicted molar refractivity (Wildman–Crippen MR) is 146 cm³/mol. The summed E-state index contributed by atoms with van der Waals surface area (Å²) in [6.07, 6.45) is 2.53. The topological polar surface area (TPSA) is 45.6 Å². The molecule has 0 bridgehead atoms. The number of fused-ring (bicyclic) bond motifs is 1. The number of nitrogens with zero attached hydrogens (tertiary/aromatic N) is 3. The second kappa shape index (κ2) is 10.0. The molecule has 5 aromatic rings. The van der Waals surface area contributed by atoms with E-state index >= 15 is 0 Å². The second-order valence-electron chi connectivity index (χ2n) is 8.60. The molecule has 4 aromatic carbocycles. The van der Waals surface area contributed by atoms with E-state index in [1.54, 1.807) is 6.21 Å². The van der Waals surface area contributed by atoms with Gasteiger partial charge in [0.2, 0.25) is 5.13 Å². The van der Waals surface area contributed by atoms with Gasteiger partial charge in [0, 0.05) is 5.56 Å². The van der Waals surface area contributed by atoms with Gasteiger partial charge in [-0.2, -0.15) is 10.1 Å². The number of amides is 1. The quantitative estimate of drug-likeness (QED) is 0.193. The molecule has 1 aromatic heterocycles. The molecule has 0 saturated heterocycles. The molecule has 0 aliphatic carbocycles. The van der Waals surface area contributed by atoms with Crippen molar-refractivity contribution in [2.45, 2.75) is 20.3 Å². The maximum Gasteiger partial charge on any atom is 0.280 e. The molecule has 1 amide bonds. The Morgan fingerprint density at radius 3 is 2.29 bits per heavy atom. The summed E-state index contributed by atoms with van der Waals surface area (Å²) in [5.41, 5.74) is 7.06. The minimum Gasteiger partial charge on any atom is -0.267 e. The van der Waals surface area contributed by atoms with E-state index < -0.39 is 0 Å². The standard InChI is InChI=1S/C30H25N3OS/c1-21-8-11-25(12-9-21)20-31-33(30-32-27-17-10-22(2)18-28(27)35-30)29(34)26-15-13-24(14-16-26)19-23-6-4-3-5-7-23/h3-18,20H,19H2,1-2H3/b31-20+. The van der Waals surface area contributed by atoms with E-state index in [-0.39, 0.29) is 5.91 Å². The van der Waals surface area contributed by atoms with Crippen molar-refractivity contribution in [1.29, 1.82) is 0 Å². The van der Waals surface area contributed by atoms with Gasteiger partial charge in [0.1, 0.15) is 0 Å². The molecule has 0 radical (unpaired) electrons. The molecule has 35 heavy (non-hydrogen) atoms. The maximum absolute atomic E-state index is 13.6. The van der Waals surface area contributed by atoms with Crippen LogP contribution < -0.4 is 5.01 Å². The lowest BCUT2D eigenvalue weighted by Crippen LogP contribution is -2.25. The highest BCUT2D eigenvalue weighted by molar-refractivity contribution is 7.22. The SMILES string of the molecule is Cc1ccc(/C=N/N(C(=O)c2ccc(Cc3ccccc3)cc2)c2nc3ccc(C)cc3s2)cc1. The molecular formula is C30H25N3OS. The Morgan fingerprint density at radius 1 is 0.857 bits per heavy atom. The first-order valence-corrected chi connectivity index (χ1v) is 12.3. The van der Waals surface area contributed by atoms with Gasteiger partial charge in [-0.3, -0.25) is 4.79 Å². The number of rotatable bonds is 6. The van der Waals surface area contributed by atoms with Crippen LogP contribution in [0.15, 0.2) is 102 Å². The van der Waals surface area contributed by atoms with Gasteiger partial charge in [0.05, 0.1) is 16.4 Å². The average Bonchev–Trinajstić information content (AvgIpc) is 3.29. The summed E-state index contributed by atoms with van der Waals surface area (Å²) < 4.78 is 1.03. The van der Waals surface area contributed by atoms with Gasteiger partial charge >= 0.3 is 0 Å². The van der Waals surface area contributed by atoms with Gasteiger partial charge in [-0.05, 0) is 66.8 Å². The van der Waals surface area contributed by atoms with Crippen LogP contribution in [-0.4, -0.2) is 17.1 Å². The lowest BCUT2D eigenvalue weighted by atomic mass is 10.0. The summed E-state index contributed by atoms with van der Waals surface area (Å²) in [7, 11) is 0. The normalized spacial score (nSPS) is 11.3. The second-order valence-corrected chi connectivity index (χ2v) is 9.61. The molecule has 0 fully saturated rings. The molecule has 5 rings (SSSR count). The third-order valence-electron chi connectivity index (χ3n) is 5.76. The first-order chi connectivity index (χ1) is 17.0. The van der Waals surface area contributed by atoms with Crippen LogP contribution in [-0.2, 0) is 6.42 Å². The molecule has 0 saturated carbocycles. The molecule has 172 valence electrons. The number of hydrogen-bond acceptors (Lipinski definition) is 4. The minimum absolute atomic E-state index is 0.213. The fourth-order valence-corrected chi connectivity index (χ4v) is 4.82. The van der Waals surface area contributed by atoms with Crippen molar-refractivity contribution in [1.82, 2.24) is 4.98 Å². The molecule has 0 unspecified atom stereocenters. The maximum atomic E-state index is 13.6. The van der Waals surface area contributed by atoms with Crippen LogP contribution >= 0.6 is 11.3 Å². The van der Waals surface area contributed by atoms with E-state index in [2.05, 4.69) is 23.3 Å². The fourth-order valence-electron chi connectivity index (χ4n) is 3.79. The third kappa shape index (κ3) is 5.36. The van der Waals surface area contributed by atoms with E-state index in [1.807, 2.05) is 92.7 Å². The average molecular weight is 476 g/mol. The number of carbonyl (C=O) groups excluding carboxylic acids is 1. The van der Waals surface area contributed by atoms with Gasteiger partial charge < -0.3 is 0 Å². The summed E-state index contributed by atoms with van der Waals surface area (Å²) in [4.78, 5) is 18.3. The van der Waals surface area contributed by atoms with Gasteiger partial charge in [-0.25, -0.2) is 4.98 Å². The molecule has 1 heterocycles. The zero-order valence-electron chi connectivity index (χ0n) is 19.7. The highest BCUT2D eigenvalue weighted by Crippen LogP contribution is 2.31. The minimum atomic E-state index is -0.213. The van der Waals surface area contributed by atoms with E-state index in [0.29, 0.717) is 10.7 Å². The molecule has 0 aliphatic rings. The van der Waals surface area contributed by atoms with Gasteiger partial charge in [-0.1, -0.05) is 89.7 Å². The lowest BCUT2D eigenvalue weighted by molar-refractivity contribution is 0.0988. The van der Waals surface area contributed by atoms with E-state index in [0.717, 1.165) is 33.3 Å². The number of hydrazone groups is 1. The molecule has 4 nitrogen and oxygen atoms in total. The molecule has 0 aliphatic heterocycles. The van der Waals surface area contributed by atoms with Crippen molar-refractivity contribution >= 4 is 38.8 Å². The summed E-state index contributed by atoms with van der Waals surface area (Å²) >= 11 is 1.47. The van der Waals surface area contributed by atoms with E-state index in [1.165, 1.54) is 27.5 Å². The van der Waals surface area contributed by atoms with Crippen molar-refractivity contribution in [2.75, 3.05) is 5.01 Å². The fraction of sp³-hybridized carbons (Fsp3) is 0.100. The van der Waals surface area contributed by atoms with Crippen molar-refractivity contribution in [3.05, 3.63) is 130 Å². The number of anilines is 1. The Hall–Kier alpha value is -4.09. The first-order valence-electron chi connectivity index (χ1n) is 11.5. The number of aromatic nitrogens is 1. The number of carbonyl (C=O) groups is 1. The Balaban J connectivity index is 1.46. The smallest absolute Gasteiger partial charge is 0.267 e. The zero-order chi connectivity index (χ0) is 24.2. The molecule has 0 N–H and O–H groups in total. The van der Waals surface area contributed by atoms with Crippen LogP contribution in [0.5, 0.6) is 0 Å². The first kappa shape index (κ1) is 22.7. The van der Waals surface area contributed by atoms with Gasteiger partial charge in [-0.15, -0.1) is 0 Å². The highest BCUT2D eigenvalue weighted by atomic mass is 32.1. The number of aryl methyl sites for hydroxylation is 2. The van der Waals surface area contributed by atoms with Crippen molar-refractivity contribution in [3.63, 3.8) is 0 Å². The van der Waals surface area contributed by atoms with Crippen LogP contribution in [0.2, 0.25) is 0 Å². The van der Waals surface area contributed by atoms with Crippen molar-refractivity contribution < 1.29 is 4.79 Å². The highest BCUT2D eigenvalue weighted by Gasteiger charge is 2.21. The Labute approximate surface area is 209 Å². The van der Waals surface area contributed by atoms with Crippen LogP contribution in [0.1, 0.15) is 38.2 Å². The van der Waals surface area contributed by atoms with Crippen LogP contribution in [0, 0.1) is 13.8 Å². The monoisotopic (exact) mass is 475 g/mol. The summed E-state index contributed by atoms with van der Waals surface area (Å²) in [6, 6.07) is 32.2. The Bertz CT molecular complexity index is 1490. The molecule has 0 spiro atoms. The summed E-state index contributed by atoms with van der Waals surface area (Å²) in [5.74, 6) is -0.213. The molecule has 0 atom stereocenters. The van der Waals surface area contributed by atoms with Crippen molar-refractivity contribution in [3.8, 4) is 0 Å². The largest absolute Gasteiger partial charge is 0.280 e. The Kier molecular flexibility index (Phi) is 6.51. The Morgan fingerprint density at radius 2 is 1.54 bits per heavy atom. The predicted octanol–water partition coefficient (Wildman–Crippen LogP) is 7.18. The zero-order valence-corrected chi connectivity index (χ0v) is 20.5. The summed E-state index contributed by atoms with van der Waals surface area (Å²) in [5, 5.41) is 6.54. The van der Waals surface area contributed by atoms with Gasteiger partial charge in [0.25, 0.3) is 5.91 Å². The molecular weight excluding hydrogens is 450 g/mol.